The minimum absolute atomic E-state index is 0.457. The molecule has 0 spiro atoms. The number of ether oxygens (including phenoxy) is 1. The van der Waals surface area contributed by atoms with E-state index >= 15 is 0 Å². The summed E-state index contributed by atoms with van der Waals surface area (Å²) in [6, 6.07) is 6.28. The van der Waals surface area contributed by atoms with Crippen molar-refractivity contribution in [2.24, 2.45) is 5.92 Å². The van der Waals surface area contributed by atoms with Gasteiger partial charge in [0.05, 0.1) is 18.8 Å². The second-order valence-electron chi connectivity index (χ2n) is 5.56. The van der Waals surface area contributed by atoms with Gasteiger partial charge in [0, 0.05) is 6.54 Å². The van der Waals surface area contributed by atoms with E-state index in [0.29, 0.717) is 30.3 Å². The molecule has 0 saturated heterocycles. The highest BCUT2D eigenvalue weighted by Gasteiger charge is 2.30. The van der Waals surface area contributed by atoms with Crippen molar-refractivity contribution < 1.29 is 19.4 Å². The zero-order valence-electron chi connectivity index (χ0n) is 12.9. The number of aliphatic hydroxyl groups excluding tert-OH is 1. The van der Waals surface area contributed by atoms with Crippen LogP contribution < -0.4 is 15.0 Å². The number of benzene rings is 1. The van der Waals surface area contributed by atoms with E-state index in [4.69, 9.17) is 4.74 Å². The first-order chi connectivity index (χ1) is 10.6. The van der Waals surface area contributed by atoms with Crippen LogP contribution in [0.5, 0.6) is 5.75 Å². The Hall–Kier alpha value is -2.08. The van der Waals surface area contributed by atoms with E-state index in [2.05, 4.69) is 5.32 Å². The number of rotatable bonds is 8. The number of para-hydroxylation sites is 2. The van der Waals surface area contributed by atoms with Crippen LogP contribution in [0.15, 0.2) is 24.3 Å². The van der Waals surface area contributed by atoms with Crippen molar-refractivity contribution in [3.8, 4) is 5.75 Å². The highest BCUT2D eigenvalue weighted by Crippen LogP contribution is 2.29. The molecule has 2 rings (SSSR count). The molecule has 1 saturated carbocycles. The summed E-state index contributed by atoms with van der Waals surface area (Å²) in [5.74, 6) is 0.580. The van der Waals surface area contributed by atoms with Gasteiger partial charge < -0.3 is 20.1 Å². The van der Waals surface area contributed by atoms with Crippen LogP contribution in [0.4, 0.5) is 5.69 Å². The molecule has 1 aliphatic rings. The minimum Gasteiger partial charge on any atom is -0.495 e. The highest BCUT2D eigenvalue weighted by molar-refractivity contribution is 5.86. The molecule has 1 aromatic rings. The third-order valence-electron chi connectivity index (χ3n) is 3.90. The molecule has 1 aromatic carbocycles. The van der Waals surface area contributed by atoms with Crippen LogP contribution in [0, 0.1) is 5.92 Å². The van der Waals surface area contributed by atoms with Crippen LogP contribution in [0.2, 0.25) is 0 Å². The number of carbonyl (C=O) groups is 2. The Labute approximate surface area is 130 Å². The van der Waals surface area contributed by atoms with E-state index in [1.807, 2.05) is 0 Å². The molecular weight excluding hydrogens is 284 g/mol. The van der Waals surface area contributed by atoms with Gasteiger partial charge in [-0.25, -0.2) is 0 Å². The first-order valence-electron chi connectivity index (χ1n) is 7.41. The first kappa shape index (κ1) is 16.3. The van der Waals surface area contributed by atoms with Crippen LogP contribution in [0.3, 0.4) is 0 Å². The van der Waals surface area contributed by atoms with Gasteiger partial charge in [0.1, 0.15) is 5.75 Å². The van der Waals surface area contributed by atoms with Gasteiger partial charge >= 0.3 is 0 Å². The lowest BCUT2D eigenvalue weighted by Crippen LogP contribution is -2.49. The van der Waals surface area contributed by atoms with Gasteiger partial charge in [-0.3, -0.25) is 9.59 Å². The lowest BCUT2D eigenvalue weighted by molar-refractivity contribution is -0.130. The molecule has 6 nitrogen and oxygen atoms in total. The average Bonchev–Trinajstić information content (AvgIpc) is 3.37. The van der Waals surface area contributed by atoms with Gasteiger partial charge in [-0.15, -0.1) is 0 Å². The summed E-state index contributed by atoms with van der Waals surface area (Å²) in [6.45, 7) is 2.21. The second-order valence-corrected chi connectivity index (χ2v) is 5.56. The molecule has 1 fully saturated rings. The van der Waals surface area contributed by atoms with Crippen molar-refractivity contribution in [3.05, 3.63) is 24.3 Å². The maximum atomic E-state index is 12.0. The van der Waals surface area contributed by atoms with Gasteiger partial charge in [0.25, 0.3) is 5.91 Å². The molecule has 6 heteroatoms. The molecule has 0 bridgehead atoms. The standard InChI is InChI=1S/C16H22N2O4/c1-11(15(20)16(21)17-9-12-7-8-12)18(10-19)13-5-3-4-6-14(13)22-2/h3-6,10-12,15,20H,7-9H2,1-2H3,(H,17,21). The molecule has 2 atom stereocenters. The number of aliphatic hydroxyl groups is 1. The molecule has 0 aliphatic heterocycles. The molecule has 1 aliphatic carbocycles. The highest BCUT2D eigenvalue weighted by atomic mass is 16.5. The summed E-state index contributed by atoms with van der Waals surface area (Å²) in [4.78, 5) is 24.7. The van der Waals surface area contributed by atoms with Crippen LogP contribution in [-0.4, -0.2) is 43.2 Å². The lowest BCUT2D eigenvalue weighted by Gasteiger charge is -2.29. The fraction of sp³-hybridized carbons (Fsp3) is 0.500. The summed E-state index contributed by atoms with van der Waals surface area (Å²) in [7, 11) is 1.51. The molecule has 0 aromatic heterocycles. The minimum atomic E-state index is -1.30. The predicted molar refractivity (Wildman–Crippen MR) is 82.7 cm³/mol. The molecule has 2 unspecified atom stereocenters. The Morgan fingerprint density at radius 3 is 2.77 bits per heavy atom. The van der Waals surface area contributed by atoms with Gasteiger partial charge in [-0.1, -0.05) is 12.1 Å². The topological polar surface area (TPSA) is 78.9 Å². The molecule has 2 N–H and O–H groups in total. The average molecular weight is 306 g/mol. The van der Waals surface area contributed by atoms with Crippen molar-refractivity contribution in [1.82, 2.24) is 5.32 Å². The molecule has 0 heterocycles. The van der Waals surface area contributed by atoms with E-state index in [1.165, 1.54) is 12.0 Å². The van der Waals surface area contributed by atoms with Crippen molar-refractivity contribution >= 4 is 18.0 Å². The molecule has 120 valence electrons. The van der Waals surface area contributed by atoms with Crippen molar-refractivity contribution in [2.45, 2.75) is 31.9 Å². The van der Waals surface area contributed by atoms with Crippen LogP contribution in [-0.2, 0) is 9.59 Å². The largest absolute Gasteiger partial charge is 0.495 e. The lowest BCUT2D eigenvalue weighted by atomic mass is 10.1. The third kappa shape index (κ3) is 3.76. The molecule has 0 radical (unpaired) electrons. The zero-order chi connectivity index (χ0) is 16.1. The Morgan fingerprint density at radius 2 is 2.18 bits per heavy atom. The maximum absolute atomic E-state index is 12.0. The van der Waals surface area contributed by atoms with Gasteiger partial charge in [-0.2, -0.15) is 0 Å². The monoisotopic (exact) mass is 306 g/mol. The fourth-order valence-electron chi connectivity index (χ4n) is 2.26. The zero-order valence-corrected chi connectivity index (χ0v) is 12.9. The number of anilines is 1. The Kier molecular flexibility index (Phi) is 5.38. The van der Waals surface area contributed by atoms with Gasteiger partial charge in [0.15, 0.2) is 6.10 Å². The number of hydrogen-bond donors (Lipinski definition) is 2. The van der Waals surface area contributed by atoms with E-state index in [-0.39, 0.29) is 0 Å². The van der Waals surface area contributed by atoms with E-state index in [9.17, 15) is 14.7 Å². The second kappa shape index (κ2) is 7.26. The maximum Gasteiger partial charge on any atom is 0.251 e. The molecule has 2 amide bonds. The fourth-order valence-corrected chi connectivity index (χ4v) is 2.26. The number of nitrogens with one attached hydrogen (secondary N) is 1. The number of nitrogens with zero attached hydrogens (tertiary/aromatic N) is 1. The number of amides is 2. The van der Waals surface area contributed by atoms with Gasteiger partial charge in [0.2, 0.25) is 6.41 Å². The van der Waals surface area contributed by atoms with E-state index in [0.717, 1.165) is 12.8 Å². The normalized spacial score (nSPS) is 16.5. The van der Waals surface area contributed by atoms with E-state index < -0.39 is 18.1 Å². The summed E-state index contributed by atoms with van der Waals surface area (Å²) in [5, 5.41) is 12.9. The first-order valence-corrected chi connectivity index (χ1v) is 7.41. The van der Waals surface area contributed by atoms with Crippen molar-refractivity contribution in [3.63, 3.8) is 0 Å². The smallest absolute Gasteiger partial charge is 0.251 e. The number of hydrogen-bond acceptors (Lipinski definition) is 4. The Morgan fingerprint density at radius 1 is 1.50 bits per heavy atom. The number of methoxy groups -OCH3 is 1. The molecule has 22 heavy (non-hydrogen) atoms. The van der Waals surface area contributed by atoms with Crippen LogP contribution >= 0.6 is 0 Å². The predicted octanol–water partition coefficient (Wildman–Crippen LogP) is 0.934. The van der Waals surface area contributed by atoms with Gasteiger partial charge in [-0.05, 0) is 37.8 Å². The Balaban J connectivity index is 2.07. The summed E-state index contributed by atoms with van der Waals surface area (Å²) in [5.41, 5.74) is 0.515. The number of carbonyl (C=O) groups excluding carboxylic acids is 2. The molecular formula is C16H22N2O4. The van der Waals surface area contributed by atoms with Crippen molar-refractivity contribution in [1.29, 1.82) is 0 Å². The SMILES string of the molecule is COc1ccccc1N(C=O)C(C)C(O)C(=O)NCC1CC1. The Bertz CT molecular complexity index is 531. The quantitative estimate of drug-likeness (QED) is 0.700. The van der Waals surface area contributed by atoms with Crippen LogP contribution in [0.25, 0.3) is 0 Å². The summed E-state index contributed by atoms with van der Waals surface area (Å²) < 4.78 is 5.22. The third-order valence-corrected chi connectivity index (χ3v) is 3.90. The van der Waals surface area contributed by atoms with Crippen molar-refractivity contribution in [2.75, 3.05) is 18.6 Å². The summed E-state index contributed by atoms with van der Waals surface area (Å²) >= 11 is 0. The summed E-state index contributed by atoms with van der Waals surface area (Å²) in [6.07, 6.45) is 1.54. The van der Waals surface area contributed by atoms with Crippen LogP contribution in [0.1, 0.15) is 19.8 Å². The van der Waals surface area contributed by atoms with E-state index in [1.54, 1.807) is 31.2 Å².